The van der Waals surface area contributed by atoms with Gasteiger partial charge in [0.2, 0.25) is 5.82 Å². The smallest absolute Gasteiger partial charge is 0.267 e. The monoisotopic (exact) mass is 385 g/mol. The number of anilines is 1. The molecule has 4 rings (SSSR count). The van der Waals surface area contributed by atoms with Gasteiger partial charge in [0.05, 0.1) is 13.2 Å². The molecule has 1 saturated heterocycles. The molecule has 140 valence electrons. The maximum Gasteiger partial charge on any atom is 0.267 e. The Kier molecular flexibility index (Phi) is 5.27. The first-order chi connectivity index (χ1) is 13.2. The van der Waals surface area contributed by atoms with Gasteiger partial charge in [0, 0.05) is 29.4 Å². The highest BCUT2D eigenvalue weighted by Gasteiger charge is 2.18. The van der Waals surface area contributed by atoms with Crippen LogP contribution in [0.3, 0.4) is 0 Å². The maximum atomic E-state index is 5.99. The Bertz CT molecular complexity index is 891. The first-order valence-electron chi connectivity index (χ1n) is 8.88. The summed E-state index contributed by atoms with van der Waals surface area (Å²) in [5.41, 5.74) is 2.07. The third kappa shape index (κ3) is 4.23. The van der Waals surface area contributed by atoms with E-state index in [4.69, 9.17) is 25.6 Å². The largest absolute Gasteiger partial charge is 0.481 e. The van der Waals surface area contributed by atoms with Crippen molar-refractivity contribution in [2.75, 3.05) is 31.2 Å². The van der Waals surface area contributed by atoms with E-state index in [1.165, 1.54) is 5.69 Å². The third-order valence-electron chi connectivity index (χ3n) is 4.40. The summed E-state index contributed by atoms with van der Waals surface area (Å²) < 4.78 is 16.6. The van der Waals surface area contributed by atoms with Crippen LogP contribution in [-0.2, 0) is 4.74 Å². The minimum absolute atomic E-state index is 0.377. The van der Waals surface area contributed by atoms with E-state index in [-0.39, 0.29) is 6.10 Å². The number of aromatic nitrogens is 2. The molecule has 0 spiro atoms. The molecule has 1 atom stereocenters. The molecule has 7 heteroatoms. The standard InChI is InChI=1S/C20H20ClN3O3/c1-14(26-18-4-2-3-16(21)13-18)20-22-19(23-27-20)15-5-7-17(8-6-15)24-9-11-25-12-10-24/h2-8,13-14H,9-12H2,1H3/t14-/m1/s1. The lowest BCUT2D eigenvalue weighted by Gasteiger charge is -2.28. The van der Waals surface area contributed by atoms with Gasteiger partial charge in [-0.25, -0.2) is 0 Å². The number of ether oxygens (including phenoxy) is 2. The van der Waals surface area contributed by atoms with Gasteiger partial charge in [-0.05, 0) is 49.4 Å². The lowest BCUT2D eigenvalue weighted by molar-refractivity contribution is 0.122. The Morgan fingerprint density at radius 3 is 2.63 bits per heavy atom. The normalized spacial score (nSPS) is 15.6. The Hall–Kier alpha value is -2.57. The van der Waals surface area contributed by atoms with Crippen molar-refractivity contribution in [1.82, 2.24) is 10.1 Å². The predicted octanol–water partition coefficient (Wildman–Crippen LogP) is 4.37. The molecule has 27 heavy (non-hydrogen) atoms. The second kappa shape index (κ2) is 7.98. The van der Waals surface area contributed by atoms with Crippen LogP contribution in [0.25, 0.3) is 11.4 Å². The van der Waals surface area contributed by atoms with E-state index in [2.05, 4.69) is 27.2 Å². The van der Waals surface area contributed by atoms with Crippen LogP contribution in [0.5, 0.6) is 5.75 Å². The summed E-state index contributed by atoms with van der Waals surface area (Å²) in [4.78, 5) is 6.77. The summed E-state index contributed by atoms with van der Waals surface area (Å²) >= 11 is 5.99. The van der Waals surface area contributed by atoms with Crippen LogP contribution in [0, 0.1) is 0 Å². The number of hydrogen-bond donors (Lipinski definition) is 0. The summed E-state index contributed by atoms with van der Waals surface area (Å²) in [7, 11) is 0. The zero-order valence-electron chi connectivity index (χ0n) is 15.0. The Morgan fingerprint density at radius 1 is 1.11 bits per heavy atom. The molecule has 0 unspecified atom stereocenters. The van der Waals surface area contributed by atoms with Gasteiger partial charge >= 0.3 is 0 Å². The van der Waals surface area contributed by atoms with Crippen LogP contribution in [0.2, 0.25) is 5.02 Å². The highest BCUT2D eigenvalue weighted by atomic mass is 35.5. The van der Waals surface area contributed by atoms with Crippen LogP contribution >= 0.6 is 11.6 Å². The van der Waals surface area contributed by atoms with E-state index >= 15 is 0 Å². The van der Waals surface area contributed by atoms with Gasteiger partial charge in [-0.3, -0.25) is 0 Å². The average Bonchev–Trinajstić information content (AvgIpc) is 3.19. The second-order valence-corrected chi connectivity index (χ2v) is 6.76. The fraction of sp³-hybridized carbons (Fsp3) is 0.300. The zero-order chi connectivity index (χ0) is 18.6. The van der Waals surface area contributed by atoms with Crippen molar-refractivity contribution in [2.45, 2.75) is 13.0 Å². The second-order valence-electron chi connectivity index (χ2n) is 6.32. The Morgan fingerprint density at radius 2 is 1.89 bits per heavy atom. The van der Waals surface area contributed by atoms with Crippen LogP contribution < -0.4 is 9.64 Å². The summed E-state index contributed by atoms with van der Waals surface area (Å²) in [5, 5.41) is 4.70. The van der Waals surface area contributed by atoms with Gasteiger partial charge in [0.15, 0.2) is 6.10 Å². The number of rotatable bonds is 5. The Balaban J connectivity index is 1.45. The summed E-state index contributed by atoms with van der Waals surface area (Å²) in [6.45, 7) is 5.20. The van der Waals surface area contributed by atoms with Gasteiger partial charge in [0.1, 0.15) is 5.75 Å². The minimum atomic E-state index is -0.377. The SMILES string of the molecule is C[C@@H](Oc1cccc(Cl)c1)c1nc(-c2ccc(N3CCOCC3)cc2)no1. The highest BCUT2D eigenvalue weighted by Crippen LogP contribution is 2.26. The molecule has 3 aromatic rings. The number of benzene rings is 2. The molecule has 1 aliphatic rings. The van der Waals surface area contributed by atoms with E-state index in [0.29, 0.717) is 22.5 Å². The van der Waals surface area contributed by atoms with Crippen molar-refractivity contribution in [2.24, 2.45) is 0 Å². The molecule has 0 saturated carbocycles. The minimum Gasteiger partial charge on any atom is -0.481 e. The zero-order valence-corrected chi connectivity index (χ0v) is 15.7. The summed E-state index contributed by atoms with van der Waals surface area (Å²) in [6.07, 6.45) is -0.377. The fourth-order valence-electron chi connectivity index (χ4n) is 2.96. The average molecular weight is 386 g/mol. The van der Waals surface area contributed by atoms with Crippen molar-refractivity contribution in [3.05, 3.63) is 59.4 Å². The van der Waals surface area contributed by atoms with Gasteiger partial charge in [-0.15, -0.1) is 0 Å². The van der Waals surface area contributed by atoms with E-state index in [1.807, 2.05) is 31.2 Å². The number of halogens is 1. The number of nitrogens with zero attached hydrogens (tertiary/aromatic N) is 3. The van der Waals surface area contributed by atoms with Crippen molar-refractivity contribution in [3.8, 4) is 17.1 Å². The van der Waals surface area contributed by atoms with Crippen LogP contribution in [0.1, 0.15) is 18.9 Å². The van der Waals surface area contributed by atoms with Gasteiger partial charge in [-0.2, -0.15) is 4.98 Å². The summed E-state index contributed by atoms with van der Waals surface area (Å²) in [5.74, 6) is 1.62. The topological polar surface area (TPSA) is 60.6 Å². The van der Waals surface area contributed by atoms with Crippen molar-refractivity contribution in [3.63, 3.8) is 0 Å². The molecule has 0 radical (unpaired) electrons. The highest BCUT2D eigenvalue weighted by molar-refractivity contribution is 6.30. The van der Waals surface area contributed by atoms with Crippen molar-refractivity contribution in [1.29, 1.82) is 0 Å². The molecule has 0 bridgehead atoms. The van der Waals surface area contributed by atoms with Gasteiger partial charge in [-0.1, -0.05) is 22.8 Å². The molecule has 2 heterocycles. The molecule has 0 N–H and O–H groups in total. The fourth-order valence-corrected chi connectivity index (χ4v) is 3.14. The molecule has 0 amide bonds. The predicted molar refractivity (Wildman–Crippen MR) is 103 cm³/mol. The first-order valence-corrected chi connectivity index (χ1v) is 9.26. The number of morpholine rings is 1. The maximum absolute atomic E-state index is 5.99. The van der Waals surface area contributed by atoms with Gasteiger partial charge in [0.25, 0.3) is 5.89 Å². The Labute approximate surface area is 162 Å². The molecule has 1 aromatic heterocycles. The van der Waals surface area contributed by atoms with Gasteiger partial charge < -0.3 is 18.9 Å². The quantitative estimate of drug-likeness (QED) is 0.650. The van der Waals surface area contributed by atoms with Crippen LogP contribution in [0.4, 0.5) is 5.69 Å². The van der Waals surface area contributed by atoms with E-state index in [0.717, 1.165) is 31.9 Å². The summed E-state index contributed by atoms with van der Waals surface area (Å²) in [6, 6.07) is 15.4. The van der Waals surface area contributed by atoms with Crippen LogP contribution in [-0.4, -0.2) is 36.4 Å². The molecular formula is C20H20ClN3O3. The molecule has 0 aliphatic carbocycles. The molecule has 1 aliphatic heterocycles. The lowest BCUT2D eigenvalue weighted by atomic mass is 10.2. The van der Waals surface area contributed by atoms with Crippen molar-refractivity contribution >= 4 is 17.3 Å². The third-order valence-corrected chi connectivity index (χ3v) is 4.64. The molecule has 1 fully saturated rings. The lowest BCUT2D eigenvalue weighted by Crippen LogP contribution is -2.36. The molecular weight excluding hydrogens is 366 g/mol. The molecule has 2 aromatic carbocycles. The van der Waals surface area contributed by atoms with Crippen LogP contribution in [0.15, 0.2) is 53.1 Å². The number of hydrogen-bond acceptors (Lipinski definition) is 6. The van der Waals surface area contributed by atoms with E-state index in [9.17, 15) is 0 Å². The van der Waals surface area contributed by atoms with Crippen molar-refractivity contribution < 1.29 is 14.0 Å². The first kappa shape index (κ1) is 17.8. The van der Waals surface area contributed by atoms with E-state index in [1.54, 1.807) is 12.1 Å². The molecule has 6 nitrogen and oxygen atoms in total. The van der Waals surface area contributed by atoms with E-state index < -0.39 is 0 Å².